The van der Waals surface area contributed by atoms with Crippen LogP contribution in [0, 0.1) is 0 Å². The molecule has 3 rings (SSSR count). The molecule has 1 aromatic heterocycles. The van der Waals surface area contributed by atoms with Gasteiger partial charge in [0.2, 0.25) is 5.91 Å². The number of nitrogens with one attached hydrogen (secondary N) is 1. The third-order valence-electron chi connectivity index (χ3n) is 3.21. The summed E-state index contributed by atoms with van der Waals surface area (Å²) < 4.78 is 5.49. The zero-order chi connectivity index (χ0) is 13.9. The summed E-state index contributed by atoms with van der Waals surface area (Å²) in [7, 11) is 0. The Bertz CT molecular complexity index is 745. The third kappa shape index (κ3) is 2.36. The minimum atomic E-state index is -0.419. The monoisotopic (exact) mass is 266 g/mol. The number of primary amides is 1. The van der Waals surface area contributed by atoms with Crippen LogP contribution < -0.4 is 11.1 Å². The van der Waals surface area contributed by atoms with Crippen LogP contribution in [0.2, 0.25) is 0 Å². The number of para-hydroxylation sites is 1. The fourth-order valence-corrected chi connectivity index (χ4v) is 2.12. The summed E-state index contributed by atoms with van der Waals surface area (Å²) in [6.45, 7) is 0.660. The maximum Gasteiger partial charge on any atom is 0.248 e. The van der Waals surface area contributed by atoms with Gasteiger partial charge in [-0.15, -0.1) is 0 Å². The first-order chi connectivity index (χ1) is 9.74. The first kappa shape index (κ1) is 12.3. The van der Waals surface area contributed by atoms with Crippen molar-refractivity contribution in [3.8, 4) is 0 Å². The van der Waals surface area contributed by atoms with E-state index in [0.717, 1.165) is 22.2 Å². The summed E-state index contributed by atoms with van der Waals surface area (Å²) in [5.41, 5.74) is 8.62. The van der Waals surface area contributed by atoms with Crippen LogP contribution in [0.25, 0.3) is 11.0 Å². The Labute approximate surface area is 116 Å². The van der Waals surface area contributed by atoms with Gasteiger partial charge >= 0.3 is 0 Å². The predicted octanol–water partition coefficient (Wildman–Crippen LogP) is 3.14. The molecule has 0 unspecified atom stereocenters. The van der Waals surface area contributed by atoms with E-state index in [0.29, 0.717) is 12.1 Å². The van der Waals surface area contributed by atoms with Crippen LogP contribution in [-0.2, 0) is 6.54 Å². The van der Waals surface area contributed by atoms with Gasteiger partial charge in [-0.1, -0.05) is 18.2 Å². The normalized spacial score (nSPS) is 10.6. The number of furan rings is 1. The molecule has 4 heteroatoms. The van der Waals surface area contributed by atoms with Gasteiger partial charge in [-0.3, -0.25) is 4.79 Å². The van der Waals surface area contributed by atoms with Gasteiger partial charge in [-0.25, -0.2) is 0 Å². The summed E-state index contributed by atoms with van der Waals surface area (Å²) in [4.78, 5) is 11.0. The van der Waals surface area contributed by atoms with E-state index in [2.05, 4.69) is 5.32 Å². The number of nitrogens with two attached hydrogens (primary N) is 1. The minimum Gasteiger partial charge on any atom is -0.464 e. The number of fused-ring (bicyclic) bond motifs is 1. The maximum atomic E-state index is 11.0. The zero-order valence-electron chi connectivity index (χ0n) is 10.8. The van der Waals surface area contributed by atoms with E-state index in [1.54, 1.807) is 18.4 Å². The Morgan fingerprint density at radius 3 is 2.60 bits per heavy atom. The Hall–Kier alpha value is -2.75. The molecule has 3 aromatic rings. The highest BCUT2D eigenvalue weighted by Crippen LogP contribution is 2.21. The lowest BCUT2D eigenvalue weighted by atomic mass is 10.1. The molecule has 2 aromatic carbocycles. The highest BCUT2D eigenvalue weighted by atomic mass is 16.3. The molecule has 0 radical (unpaired) electrons. The van der Waals surface area contributed by atoms with Crippen LogP contribution in [-0.4, -0.2) is 5.91 Å². The predicted molar refractivity (Wildman–Crippen MR) is 78.5 cm³/mol. The lowest BCUT2D eigenvalue weighted by molar-refractivity contribution is 0.100. The number of hydrogen-bond donors (Lipinski definition) is 2. The minimum absolute atomic E-state index is 0.419. The lowest BCUT2D eigenvalue weighted by Gasteiger charge is -2.05. The van der Waals surface area contributed by atoms with E-state index in [-0.39, 0.29) is 0 Å². The molecule has 100 valence electrons. The van der Waals surface area contributed by atoms with Crippen LogP contribution in [0.1, 0.15) is 15.9 Å². The van der Waals surface area contributed by atoms with Gasteiger partial charge in [0.05, 0.1) is 6.26 Å². The lowest BCUT2D eigenvalue weighted by Crippen LogP contribution is -2.10. The molecule has 20 heavy (non-hydrogen) atoms. The number of amides is 1. The highest BCUT2D eigenvalue weighted by Gasteiger charge is 2.05. The molecule has 0 atom stereocenters. The molecule has 0 fully saturated rings. The molecule has 1 amide bonds. The van der Waals surface area contributed by atoms with Crippen LogP contribution in [0.5, 0.6) is 0 Å². The number of benzene rings is 2. The molecular weight excluding hydrogens is 252 g/mol. The summed E-state index contributed by atoms with van der Waals surface area (Å²) >= 11 is 0. The second-order valence-corrected chi connectivity index (χ2v) is 4.55. The molecule has 0 spiro atoms. The molecule has 0 aliphatic rings. The average Bonchev–Trinajstić information content (AvgIpc) is 2.89. The van der Waals surface area contributed by atoms with Crippen LogP contribution in [0.4, 0.5) is 5.69 Å². The second kappa shape index (κ2) is 5.09. The van der Waals surface area contributed by atoms with Crippen molar-refractivity contribution in [2.24, 2.45) is 5.73 Å². The van der Waals surface area contributed by atoms with Gasteiger partial charge in [0, 0.05) is 28.7 Å². The van der Waals surface area contributed by atoms with E-state index in [1.165, 1.54) is 0 Å². The maximum absolute atomic E-state index is 11.0. The largest absolute Gasteiger partial charge is 0.464 e. The molecule has 4 nitrogen and oxygen atoms in total. The average molecular weight is 266 g/mol. The van der Waals surface area contributed by atoms with Crippen molar-refractivity contribution in [3.63, 3.8) is 0 Å². The van der Waals surface area contributed by atoms with Crippen molar-refractivity contribution in [2.45, 2.75) is 6.54 Å². The molecule has 0 bridgehead atoms. The van der Waals surface area contributed by atoms with Gasteiger partial charge in [-0.2, -0.15) is 0 Å². The fraction of sp³-hybridized carbons (Fsp3) is 0.0625. The molecule has 1 heterocycles. The second-order valence-electron chi connectivity index (χ2n) is 4.55. The zero-order valence-corrected chi connectivity index (χ0v) is 10.8. The highest BCUT2D eigenvalue weighted by molar-refractivity contribution is 5.93. The van der Waals surface area contributed by atoms with Crippen molar-refractivity contribution in [1.82, 2.24) is 0 Å². The molecular formula is C16H14N2O2. The molecule has 0 saturated carbocycles. The van der Waals surface area contributed by atoms with Gasteiger partial charge in [0.25, 0.3) is 0 Å². The molecule has 0 aliphatic carbocycles. The van der Waals surface area contributed by atoms with E-state index >= 15 is 0 Å². The van der Waals surface area contributed by atoms with Crippen LogP contribution in [0.3, 0.4) is 0 Å². The number of carbonyl (C=O) groups is 1. The Kier molecular flexibility index (Phi) is 3.13. The van der Waals surface area contributed by atoms with E-state index in [1.807, 2.05) is 36.4 Å². The van der Waals surface area contributed by atoms with Gasteiger partial charge in [0.15, 0.2) is 0 Å². The van der Waals surface area contributed by atoms with E-state index in [9.17, 15) is 4.79 Å². The number of rotatable bonds is 4. The van der Waals surface area contributed by atoms with Gasteiger partial charge in [-0.05, 0) is 30.3 Å². The van der Waals surface area contributed by atoms with E-state index < -0.39 is 5.91 Å². The first-order valence-electron chi connectivity index (χ1n) is 6.33. The number of anilines is 1. The van der Waals surface area contributed by atoms with Crippen LogP contribution in [0.15, 0.2) is 59.2 Å². The van der Waals surface area contributed by atoms with Gasteiger partial charge < -0.3 is 15.5 Å². The summed E-state index contributed by atoms with van der Waals surface area (Å²) in [6, 6.07) is 15.0. The molecule has 0 saturated heterocycles. The summed E-state index contributed by atoms with van der Waals surface area (Å²) in [6.07, 6.45) is 1.76. The Morgan fingerprint density at radius 1 is 1.10 bits per heavy atom. The third-order valence-corrected chi connectivity index (χ3v) is 3.21. The van der Waals surface area contributed by atoms with E-state index in [4.69, 9.17) is 10.2 Å². The molecule has 0 aliphatic heterocycles. The van der Waals surface area contributed by atoms with Crippen molar-refractivity contribution in [1.29, 1.82) is 0 Å². The Morgan fingerprint density at radius 2 is 1.85 bits per heavy atom. The summed E-state index contributed by atoms with van der Waals surface area (Å²) in [5.74, 6) is -0.419. The quantitative estimate of drug-likeness (QED) is 0.762. The van der Waals surface area contributed by atoms with Crippen molar-refractivity contribution in [2.75, 3.05) is 5.32 Å². The molecule has 3 N–H and O–H groups in total. The van der Waals surface area contributed by atoms with Crippen molar-refractivity contribution < 1.29 is 9.21 Å². The first-order valence-corrected chi connectivity index (χ1v) is 6.33. The van der Waals surface area contributed by atoms with Crippen molar-refractivity contribution in [3.05, 3.63) is 65.9 Å². The Balaban J connectivity index is 1.74. The van der Waals surface area contributed by atoms with Crippen molar-refractivity contribution >= 4 is 22.6 Å². The number of carbonyl (C=O) groups excluding carboxylic acids is 1. The summed E-state index contributed by atoms with van der Waals surface area (Å²) in [5, 5.41) is 4.40. The smallest absolute Gasteiger partial charge is 0.248 e. The fourth-order valence-electron chi connectivity index (χ4n) is 2.12. The standard InChI is InChI=1S/C16H14N2O2/c17-16(19)11-5-7-13(8-6-11)18-9-12-10-20-15-4-2-1-3-14(12)15/h1-8,10,18H,9H2,(H2,17,19). The van der Waals surface area contributed by atoms with Gasteiger partial charge in [0.1, 0.15) is 5.58 Å². The van der Waals surface area contributed by atoms with Crippen LogP contribution >= 0.6 is 0 Å². The SMILES string of the molecule is NC(=O)c1ccc(NCc2coc3ccccc23)cc1. The number of hydrogen-bond acceptors (Lipinski definition) is 3. The topological polar surface area (TPSA) is 68.3 Å².